The number of hydrogen-bond acceptors (Lipinski definition) is 4. The summed E-state index contributed by atoms with van der Waals surface area (Å²) < 4.78 is 18.2. The van der Waals surface area contributed by atoms with E-state index in [1.807, 2.05) is 0 Å². The Kier molecular flexibility index (Phi) is 7.31. The Bertz CT molecular complexity index is 820. The standard InChI is InChI=1S/C19H18ClFN2O4/c1-27-19(26)11-22-17(24)9-12-5-7-13(8-6-12)23-18(25)10-14-15(20)3-2-4-16(14)21/h2-8H,9-11H2,1H3,(H,22,24)(H,23,25). The zero-order chi connectivity index (χ0) is 19.8. The van der Waals surface area contributed by atoms with E-state index in [0.29, 0.717) is 11.3 Å². The lowest BCUT2D eigenvalue weighted by atomic mass is 10.1. The zero-order valence-electron chi connectivity index (χ0n) is 14.6. The smallest absolute Gasteiger partial charge is 0.325 e. The number of nitrogens with one attached hydrogen (secondary N) is 2. The topological polar surface area (TPSA) is 84.5 Å². The largest absolute Gasteiger partial charge is 0.468 e. The van der Waals surface area contributed by atoms with Crippen LogP contribution >= 0.6 is 11.6 Å². The van der Waals surface area contributed by atoms with Crippen molar-refractivity contribution in [3.05, 3.63) is 64.4 Å². The minimum atomic E-state index is -0.536. The van der Waals surface area contributed by atoms with Gasteiger partial charge < -0.3 is 15.4 Å². The maximum atomic E-state index is 13.7. The molecule has 0 saturated heterocycles. The van der Waals surface area contributed by atoms with Gasteiger partial charge in [-0.2, -0.15) is 0 Å². The highest BCUT2D eigenvalue weighted by Crippen LogP contribution is 2.20. The Morgan fingerprint density at radius 1 is 1.04 bits per heavy atom. The van der Waals surface area contributed by atoms with Gasteiger partial charge in [0.15, 0.2) is 0 Å². The van der Waals surface area contributed by atoms with E-state index in [-0.39, 0.29) is 35.9 Å². The predicted molar refractivity (Wildman–Crippen MR) is 98.9 cm³/mol. The molecule has 0 bridgehead atoms. The number of carbonyl (C=O) groups excluding carboxylic acids is 3. The molecule has 2 rings (SSSR count). The average molecular weight is 393 g/mol. The summed E-state index contributed by atoms with van der Waals surface area (Å²) in [5.41, 5.74) is 1.34. The average Bonchev–Trinajstić information content (AvgIpc) is 2.64. The molecule has 2 aromatic rings. The number of carbonyl (C=O) groups is 3. The molecular formula is C19H18ClFN2O4. The first-order valence-corrected chi connectivity index (χ1v) is 8.42. The third-order valence-corrected chi connectivity index (χ3v) is 4.01. The quantitative estimate of drug-likeness (QED) is 0.709. The van der Waals surface area contributed by atoms with E-state index < -0.39 is 17.7 Å². The number of esters is 1. The number of anilines is 1. The van der Waals surface area contributed by atoms with E-state index in [1.165, 1.54) is 25.3 Å². The SMILES string of the molecule is COC(=O)CNC(=O)Cc1ccc(NC(=O)Cc2c(F)cccc2Cl)cc1. The molecule has 8 heteroatoms. The molecule has 0 saturated carbocycles. The van der Waals surface area contributed by atoms with Crippen LogP contribution in [0.4, 0.5) is 10.1 Å². The molecule has 0 atom stereocenters. The van der Waals surface area contributed by atoms with Crippen LogP contribution in [0.15, 0.2) is 42.5 Å². The van der Waals surface area contributed by atoms with Crippen LogP contribution in [0.3, 0.4) is 0 Å². The fourth-order valence-corrected chi connectivity index (χ4v) is 2.49. The van der Waals surface area contributed by atoms with E-state index in [4.69, 9.17) is 11.6 Å². The van der Waals surface area contributed by atoms with Crippen LogP contribution in [0.2, 0.25) is 5.02 Å². The van der Waals surface area contributed by atoms with Crippen LogP contribution in [0.25, 0.3) is 0 Å². The summed E-state index contributed by atoms with van der Waals surface area (Å²) in [6, 6.07) is 10.8. The van der Waals surface area contributed by atoms with Crippen molar-refractivity contribution >= 4 is 35.1 Å². The Morgan fingerprint density at radius 3 is 2.37 bits per heavy atom. The molecule has 0 radical (unpaired) electrons. The predicted octanol–water partition coefficient (Wildman–Crippen LogP) is 2.49. The number of benzene rings is 2. The van der Waals surface area contributed by atoms with E-state index in [0.717, 1.165) is 0 Å². The van der Waals surface area contributed by atoms with Gasteiger partial charge in [0.2, 0.25) is 11.8 Å². The van der Waals surface area contributed by atoms with Crippen molar-refractivity contribution in [1.29, 1.82) is 0 Å². The number of methoxy groups -OCH3 is 1. The summed E-state index contributed by atoms with van der Waals surface area (Å²) >= 11 is 5.91. The number of rotatable bonds is 7. The lowest BCUT2D eigenvalue weighted by Crippen LogP contribution is -2.31. The lowest BCUT2D eigenvalue weighted by molar-refractivity contribution is -0.141. The molecule has 2 N–H and O–H groups in total. The first-order chi connectivity index (χ1) is 12.9. The fourth-order valence-electron chi connectivity index (χ4n) is 2.26. The third-order valence-electron chi connectivity index (χ3n) is 3.66. The van der Waals surface area contributed by atoms with Gasteiger partial charge in [0.1, 0.15) is 12.4 Å². The summed E-state index contributed by atoms with van der Waals surface area (Å²) in [7, 11) is 1.24. The first kappa shape index (κ1) is 20.4. The summed E-state index contributed by atoms with van der Waals surface area (Å²) in [4.78, 5) is 34.8. The van der Waals surface area contributed by atoms with Crippen molar-refractivity contribution in [1.82, 2.24) is 5.32 Å². The van der Waals surface area contributed by atoms with Crippen molar-refractivity contribution in [3.63, 3.8) is 0 Å². The fraction of sp³-hybridized carbons (Fsp3) is 0.211. The highest BCUT2D eigenvalue weighted by Gasteiger charge is 2.12. The van der Waals surface area contributed by atoms with E-state index in [2.05, 4.69) is 15.4 Å². The molecule has 0 aliphatic rings. The van der Waals surface area contributed by atoms with Gasteiger partial charge in [-0.3, -0.25) is 14.4 Å². The molecule has 0 aliphatic heterocycles. The minimum absolute atomic E-state index is 0.0794. The van der Waals surface area contributed by atoms with Gasteiger partial charge >= 0.3 is 5.97 Å². The van der Waals surface area contributed by atoms with Crippen molar-refractivity contribution in [3.8, 4) is 0 Å². The molecule has 0 spiro atoms. The number of halogens is 2. The molecule has 142 valence electrons. The molecule has 0 heterocycles. The molecule has 0 aromatic heterocycles. The maximum absolute atomic E-state index is 13.7. The molecule has 2 aromatic carbocycles. The van der Waals surface area contributed by atoms with E-state index in [1.54, 1.807) is 24.3 Å². The molecule has 0 fully saturated rings. The van der Waals surface area contributed by atoms with Gasteiger partial charge in [-0.05, 0) is 29.8 Å². The van der Waals surface area contributed by atoms with Crippen LogP contribution in [0.5, 0.6) is 0 Å². The Hall–Kier alpha value is -2.93. The van der Waals surface area contributed by atoms with Crippen LogP contribution in [-0.4, -0.2) is 31.4 Å². The molecular weight excluding hydrogens is 375 g/mol. The van der Waals surface area contributed by atoms with Crippen molar-refractivity contribution in [2.75, 3.05) is 19.0 Å². The van der Waals surface area contributed by atoms with Gasteiger partial charge in [0.05, 0.1) is 20.0 Å². The second-order valence-corrected chi connectivity index (χ2v) is 6.06. The monoisotopic (exact) mass is 392 g/mol. The van der Waals surface area contributed by atoms with Crippen LogP contribution in [0, 0.1) is 5.82 Å². The minimum Gasteiger partial charge on any atom is -0.468 e. The van der Waals surface area contributed by atoms with E-state index >= 15 is 0 Å². The van der Waals surface area contributed by atoms with Crippen molar-refractivity contribution in [2.45, 2.75) is 12.8 Å². The summed E-state index contributed by atoms with van der Waals surface area (Å²) in [5, 5.41) is 5.28. The van der Waals surface area contributed by atoms with Gasteiger partial charge in [-0.25, -0.2) is 4.39 Å². The second-order valence-electron chi connectivity index (χ2n) is 5.65. The first-order valence-electron chi connectivity index (χ1n) is 8.04. The molecule has 6 nitrogen and oxygen atoms in total. The Labute approximate surface area is 160 Å². The van der Waals surface area contributed by atoms with Gasteiger partial charge in [-0.1, -0.05) is 29.8 Å². The number of ether oxygens (including phenoxy) is 1. The number of hydrogen-bond donors (Lipinski definition) is 2. The normalized spacial score (nSPS) is 10.2. The van der Waals surface area contributed by atoms with Gasteiger partial charge in [-0.15, -0.1) is 0 Å². The highest BCUT2D eigenvalue weighted by atomic mass is 35.5. The van der Waals surface area contributed by atoms with Crippen LogP contribution in [0.1, 0.15) is 11.1 Å². The van der Waals surface area contributed by atoms with Crippen molar-refractivity contribution < 1.29 is 23.5 Å². The van der Waals surface area contributed by atoms with Crippen LogP contribution in [-0.2, 0) is 32.0 Å². The van der Waals surface area contributed by atoms with Gasteiger partial charge in [0, 0.05) is 16.3 Å². The molecule has 27 heavy (non-hydrogen) atoms. The molecule has 2 amide bonds. The van der Waals surface area contributed by atoms with Gasteiger partial charge in [0.25, 0.3) is 0 Å². The Morgan fingerprint density at radius 2 is 1.74 bits per heavy atom. The lowest BCUT2D eigenvalue weighted by Gasteiger charge is -2.09. The summed E-state index contributed by atoms with van der Waals surface area (Å²) in [6.45, 7) is -0.192. The van der Waals surface area contributed by atoms with Crippen LogP contribution < -0.4 is 10.6 Å². The number of amides is 2. The zero-order valence-corrected chi connectivity index (χ0v) is 15.3. The Balaban J connectivity index is 1.89. The second kappa shape index (κ2) is 9.68. The summed E-state index contributed by atoms with van der Waals surface area (Å²) in [5.74, 6) is -1.81. The maximum Gasteiger partial charge on any atom is 0.325 e. The third kappa shape index (κ3) is 6.38. The van der Waals surface area contributed by atoms with Crippen molar-refractivity contribution in [2.24, 2.45) is 0 Å². The van der Waals surface area contributed by atoms with E-state index in [9.17, 15) is 18.8 Å². The molecule has 0 unspecified atom stereocenters. The summed E-state index contributed by atoms with van der Waals surface area (Å²) in [6.07, 6.45) is -0.112. The highest BCUT2D eigenvalue weighted by molar-refractivity contribution is 6.31. The molecule has 0 aliphatic carbocycles.